The summed E-state index contributed by atoms with van der Waals surface area (Å²) in [6.45, 7) is 135. The minimum atomic E-state index is -0.105. The molecular weight excluding hydrogens is 1830 g/mol. The van der Waals surface area contributed by atoms with Gasteiger partial charge in [-0.25, -0.2) is 0 Å². The van der Waals surface area contributed by atoms with E-state index in [2.05, 4.69) is 312 Å². The van der Waals surface area contributed by atoms with Crippen LogP contribution < -0.4 is 0 Å². The van der Waals surface area contributed by atoms with E-state index in [1.54, 1.807) is 6.92 Å². The Morgan fingerprint density at radius 2 is 0.404 bits per heavy atom. The van der Waals surface area contributed by atoms with Gasteiger partial charge in [-0.1, -0.05) is 434 Å². The average molecular weight is 2090 g/mol. The van der Waals surface area contributed by atoms with Crippen LogP contribution in [0, 0.1) is 112 Å². The van der Waals surface area contributed by atoms with E-state index in [9.17, 15) is 43.2 Å². The van der Waals surface area contributed by atoms with Crippen LogP contribution in [-0.4, -0.2) is 112 Å². The predicted octanol–water partition coefficient (Wildman–Crippen LogP) is 39.1. The van der Waals surface area contributed by atoms with Gasteiger partial charge in [0.25, 0.3) is 0 Å². The first-order valence-corrected chi connectivity index (χ1v) is 57.6. The second kappa shape index (κ2) is 90.6. The Balaban J connectivity index is -0.000000120. The smallest absolute Gasteiger partial charge is 0.308 e. The lowest BCUT2D eigenvalue weighted by Crippen LogP contribution is -2.21. The lowest BCUT2D eigenvalue weighted by atomic mass is 9.86. The van der Waals surface area contributed by atoms with Crippen molar-refractivity contribution in [3.8, 4) is 0 Å². The Morgan fingerprint density at radius 1 is 0.185 bits per heavy atom. The van der Waals surface area contributed by atoms with Gasteiger partial charge in [-0.2, -0.15) is 0 Å². The van der Waals surface area contributed by atoms with E-state index in [4.69, 9.17) is 42.6 Å². The summed E-state index contributed by atoms with van der Waals surface area (Å²) in [6.07, 6.45) is 27.2. The second-order valence-electron chi connectivity index (χ2n) is 58.8. The molecule has 0 aliphatic heterocycles. The summed E-state index contributed by atoms with van der Waals surface area (Å²) in [5.74, 6) is 2.07. The number of carbonyl (C=O) groups excluding carboxylic acids is 9. The molecule has 18 heteroatoms. The van der Waals surface area contributed by atoms with E-state index >= 15 is 0 Å². The number of ether oxygens (including phenoxy) is 9. The van der Waals surface area contributed by atoms with Crippen LogP contribution in [-0.2, 0) is 85.8 Å². The van der Waals surface area contributed by atoms with Crippen molar-refractivity contribution in [2.75, 3.05) is 39.6 Å². The van der Waals surface area contributed by atoms with Crippen LogP contribution in [0.5, 0.6) is 0 Å². The maximum absolute atomic E-state index is 11.3. The molecule has 0 bridgehead atoms. The van der Waals surface area contributed by atoms with Gasteiger partial charge in [0.15, 0.2) is 0 Å². The molecule has 3 atom stereocenters. The van der Waals surface area contributed by atoms with Gasteiger partial charge < -0.3 is 42.6 Å². The fourth-order valence-corrected chi connectivity index (χ4v) is 12.2. The van der Waals surface area contributed by atoms with E-state index in [0.29, 0.717) is 146 Å². The van der Waals surface area contributed by atoms with Crippen molar-refractivity contribution in [1.82, 2.24) is 0 Å². The van der Waals surface area contributed by atoms with Gasteiger partial charge in [-0.15, -0.1) is 0 Å². The van der Waals surface area contributed by atoms with Crippen molar-refractivity contribution in [3.63, 3.8) is 0 Å². The van der Waals surface area contributed by atoms with Gasteiger partial charge in [0.2, 0.25) is 0 Å². The van der Waals surface area contributed by atoms with Gasteiger partial charge in [0.05, 0.1) is 69.8 Å². The average Bonchev–Trinajstić information content (AvgIpc) is 0.924. The van der Waals surface area contributed by atoms with Crippen molar-refractivity contribution in [1.29, 1.82) is 0 Å². The topological polar surface area (TPSA) is 237 Å². The van der Waals surface area contributed by atoms with Crippen LogP contribution in [0.15, 0.2) is 0 Å². The molecule has 0 saturated heterocycles. The summed E-state index contributed by atoms with van der Waals surface area (Å²) in [6, 6.07) is 0. The molecule has 0 aliphatic carbocycles. The summed E-state index contributed by atoms with van der Waals surface area (Å²) in [5, 5.41) is 0. The van der Waals surface area contributed by atoms with Crippen molar-refractivity contribution in [2.45, 2.75) is 627 Å². The molecule has 3 unspecified atom stereocenters. The van der Waals surface area contributed by atoms with Crippen LogP contribution in [0.2, 0.25) is 0 Å². The quantitative estimate of drug-likeness (QED) is 0.0315. The summed E-state index contributed by atoms with van der Waals surface area (Å²) in [4.78, 5) is 98.9. The first kappa shape index (κ1) is 169. The summed E-state index contributed by atoms with van der Waals surface area (Å²) >= 11 is 0. The molecule has 884 valence electrons. The highest BCUT2D eigenvalue weighted by Gasteiger charge is 2.24. The zero-order valence-electron chi connectivity index (χ0n) is 110. The zero-order valence-corrected chi connectivity index (χ0v) is 110. The Labute approximate surface area is 913 Å². The molecule has 0 aromatic carbocycles. The van der Waals surface area contributed by atoms with Crippen LogP contribution in [0.1, 0.15) is 609 Å². The summed E-state index contributed by atoms with van der Waals surface area (Å²) < 4.78 is 45.8. The Bertz CT molecular complexity index is 3050. The number of rotatable bonds is 40. The molecule has 0 rings (SSSR count). The predicted molar refractivity (Wildman–Crippen MR) is 633 cm³/mol. The largest absolute Gasteiger partial charge is 0.466 e. The van der Waals surface area contributed by atoms with Crippen molar-refractivity contribution in [2.24, 2.45) is 112 Å². The second-order valence-corrected chi connectivity index (χ2v) is 58.8. The third-order valence-corrected chi connectivity index (χ3v) is 20.0. The van der Waals surface area contributed by atoms with E-state index < -0.39 is 0 Å². The molecule has 0 amide bonds. The molecule has 0 N–H and O–H groups in total. The Kier molecular flexibility index (Phi) is 105. The molecule has 0 heterocycles. The Hall–Kier alpha value is -4.77. The monoisotopic (exact) mass is 2090 g/mol. The van der Waals surface area contributed by atoms with Gasteiger partial charge in [0.1, 0.15) is 0 Å². The third-order valence-electron chi connectivity index (χ3n) is 20.0. The molecule has 0 aromatic rings. The lowest BCUT2D eigenvalue weighted by molar-refractivity contribution is -0.151. The number of unbranched alkanes of at least 4 members (excludes halogenated alkanes) is 1. The first-order valence-electron chi connectivity index (χ1n) is 57.6. The van der Waals surface area contributed by atoms with Crippen LogP contribution >= 0.6 is 0 Å². The number of carbonyl (C=O) groups is 9. The maximum atomic E-state index is 11.3. The molecule has 0 aliphatic rings. The molecular formula is C128H264O18. The van der Waals surface area contributed by atoms with Crippen molar-refractivity contribution < 1.29 is 85.8 Å². The van der Waals surface area contributed by atoms with Gasteiger partial charge in [-0.05, 0) is 230 Å². The summed E-state index contributed by atoms with van der Waals surface area (Å²) in [5.41, 5.74) is 4.71. The van der Waals surface area contributed by atoms with E-state index in [1.165, 1.54) is 51.4 Å². The standard InChI is InChI=1S/2C12H24O2.3C11H22O2.3C10H20O2.C9H18O2.C9H20.2C8H18.C7H16/c1-9(2)7-11(13)14-10(3)8-12(4,5)6;1-10(2)9-11(13)14-8-6-7-12(3,4)5;1-9(2)8-10(12)13-7-6-11(3,4)5;1-9(2)10(12)13-8-6-7-11(3,4)5;1-6-10(12)13-9(2)7-8-11(3,4)5;1-8(2)9(11)12-7-6-10(3,4)5;1-6-9(11)12-8(2)7-10(3,4)5;1-5-9(11)12-8-6-7-10(2,3)4;1-5-8(10)11-7-6-9(2,3)4;1-8(2)6-7-9(3,4)5;1-7(2)6-8(3,4)5;1-5-6-7-8(2,3)4;1-5-6-7(2,3)4/h9-10H,7-8H2,1-6H3;10H,6-9H2,1-5H3;3*9H,6-8H2,1-5H3;2*8H,6-7H2,1-5H3;5-8H2,1-4H3;5-7H2,1-4H3;8H,6-7H2,1-5H3;7H,6H2,1-5H3;5-7H2,1-4H3;5-6H2,1-4H3. The summed E-state index contributed by atoms with van der Waals surface area (Å²) in [7, 11) is 0. The third kappa shape index (κ3) is 197. The minimum absolute atomic E-state index is 0.00497. The van der Waals surface area contributed by atoms with Crippen molar-refractivity contribution >= 4 is 53.7 Å². The molecule has 146 heavy (non-hydrogen) atoms. The fourth-order valence-electron chi connectivity index (χ4n) is 12.2. The number of hydrogen-bond acceptors (Lipinski definition) is 18. The van der Waals surface area contributed by atoms with Gasteiger partial charge in [0, 0.05) is 44.9 Å². The number of esters is 9. The van der Waals surface area contributed by atoms with E-state index in [1.807, 2.05) is 111 Å². The van der Waals surface area contributed by atoms with Crippen LogP contribution in [0.3, 0.4) is 0 Å². The Morgan fingerprint density at radius 3 is 0.610 bits per heavy atom. The van der Waals surface area contributed by atoms with Crippen LogP contribution in [0.4, 0.5) is 0 Å². The molecule has 0 fully saturated rings. The maximum Gasteiger partial charge on any atom is 0.308 e. The van der Waals surface area contributed by atoms with E-state index in [-0.39, 0.29) is 111 Å². The van der Waals surface area contributed by atoms with Gasteiger partial charge >= 0.3 is 53.7 Å². The molecule has 0 aromatic heterocycles. The first-order chi connectivity index (χ1) is 65.0. The van der Waals surface area contributed by atoms with Crippen molar-refractivity contribution in [3.05, 3.63) is 0 Å². The zero-order chi connectivity index (χ0) is 119. The minimum Gasteiger partial charge on any atom is -0.466 e. The highest BCUT2D eigenvalue weighted by atomic mass is 16.6. The van der Waals surface area contributed by atoms with E-state index in [0.717, 1.165) is 95.3 Å². The molecule has 0 spiro atoms. The molecule has 18 nitrogen and oxygen atoms in total. The van der Waals surface area contributed by atoms with Crippen LogP contribution in [0.25, 0.3) is 0 Å². The highest BCUT2D eigenvalue weighted by molar-refractivity contribution is 5.73. The SMILES string of the molecule is CC(C)C(=O)OCCC(C)(C)C.CC(C)C(=O)OCCCC(C)(C)C.CC(C)CC(=O)OC(C)CC(C)(C)C.CC(C)CC(=O)OCCC(C)(C)C.CC(C)CC(=O)OCCCC(C)(C)C.CC(C)CC(C)(C)C.CC(C)CCC(C)(C)C.CCC(=O)OC(C)CC(C)(C)C.CCC(=O)OC(C)CCC(C)(C)C.CCC(=O)OCCC(C)(C)C.CCC(=O)OCCCC(C)(C)C.CCCC(C)(C)C.CCCCC(C)(C)C. The van der Waals surface area contributed by atoms with Gasteiger partial charge in [-0.3, -0.25) is 43.2 Å². The molecule has 0 radical (unpaired) electrons. The highest BCUT2D eigenvalue weighted by Crippen LogP contribution is 2.30. The number of hydrogen-bond donors (Lipinski definition) is 0. The lowest BCUT2D eigenvalue weighted by Gasteiger charge is -2.23. The normalized spacial score (nSPS) is 12.5. The molecule has 0 saturated carbocycles. The fraction of sp³-hybridized carbons (Fsp3) is 0.930.